The van der Waals surface area contributed by atoms with Crippen LogP contribution in [0.1, 0.15) is 39.6 Å². The van der Waals surface area contributed by atoms with E-state index >= 15 is 0 Å². The van der Waals surface area contributed by atoms with Crippen molar-refractivity contribution >= 4 is 29.1 Å². The van der Waals surface area contributed by atoms with Gasteiger partial charge >= 0.3 is 5.97 Å². The van der Waals surface area contributed by atoms with Crippen LogP contribution in [0.25, 0.3) is 0 Å². The molecule has 102 valence electrons. The van der Waals surface area contributed by atoms with Gasteiger partial charge in [-0.1, -0.05) is 0 Å². The van der Waals surface area contributed by atoms with Crippen LogP contribution in [0.5, 0.6) is 0 Å². The average molecular weight is 283 g/mol. The Morgan fingerprint density at radius 2 is 2.16 bits per heavy atom. The molecule has 1 fully saturated rings. The fourth-order valence-corrected chi connectivity index (χ4v) is 2.81. The van der Waals surface area contributed by atoms with E-state index in [1.54, 1.807) is 0 Å². The minimum absolute atomic E-state index is 0.0746. The molecule has 2 amide bonds. The molecule has 0 aliphatic carbocycles. The zero-order valence-corrected chi connectivity index (χ0v) is 10.9. The highest BCUT2D eigenvalue weighted by Gasteiger charge is 2.32. The van der Waals surface area contributed by atoms with Crippen LogP contribution in [-0.2, 0) is 4.79 Å². The van der Waals surface area contributed by atoms with E-state index in [-0.39, 0.29) is 10.7 Å². The summed E-state index contributed by atoms with van der Waals surface area (Å²) in [6.45, 7) is 0.439. The summed E-state index contributed by atoms with van der Waals surface area (Å²) in [5.74, 6) is -2.15. The van der Waals surface area contributed by atoms with E-state index < -0.39 is 23.8 Å². The number of amides is 2. The molecule has 7 nitrogen and oxygen atoms in total. The average Bonchev–Trinajstić information content (AvgIpc) is 2.87. The highest BCUT2D eigenvalue weighted by atomic mass is 32.1. The topological polar surface area (TPSA) is 114 Å². The molecule has 1 unspecified atom stereocenters. The molecule has 2 heterocycles. The SMILES string of the molecule is NC(=O)C1CCCCN1C(=O)c1nc(C(=O)O)cs1. The van der Waals surface area contributed by atoms with Gasteiger partial charge < -0.3 is 15.7 Å². The number of nitrogens with two attached hydrogens (primary N) is 1. The van der Waals surface area contributed by atoms with Crippen molar-refractivity contribution in [1.82, 2.24) is 9.88 Å². The fourth-order valence-electron chi connectivity index (χ4n) is 2.06. The highest BCUT2D eigenvalue weighted by Crippen LogP contribution is 2.21. The van der Waals surface area contributed by atoms with Gasteiger partial charge in [0.1, 0.15) is 6.04 Å². The van der Waals surface area contributed by atoms with Crippen LogP contribution in [-0.4, -0.2) is 45.4 Å². The first-order chi connectivity index (χ1) is 9.00. The van der Waals surface area contributed by atoms with Crippen LogP contribution < -0.4 is 5.73 Å². The molecule has 2 rings (SSSR count). The molecule has 0 radical (unpaired) electrons. The number of carboxylic acid groups (broad SMARTS) is 1. The predicted molar refractivity (Wildman–Crippen MR) is 66.9 cm³/mol. The first kappa shape index (κ1) is 13.5. The van der Waals surface area contributed by atoms with Gasteiger partial charge in [-0.3, -0.25) is 9.59 Å². The lowest BCUT2D eigenvalue weighted by Gasteiger charge is -2.32. The summed E-state index contributed by atoms with van der Waals surface area (Å²) >= 11 is 0.958. The van der Waals surface area contributed by atoms with Gasteiger partial charge in [0.2, 0.25) is 5.91 Å². The normalized spacial score (nSPS) is 19.2. The van der Waals surface area contributed by atoms with Gasteiger partial charge in [-0.2, -0.15) is 0 Å². The number of hydrogen-bond donors (Lipinski definition) is 2. The molecule has 0 spiro atoms. The van der Waals surface area contributed by atoms with E-state index in [1.807, 2.05) is 0 Å². The molecule has 1 aromatic heterocycles. The third-order valence-corrected chi connectivity index (χ3v) is 3.83. The standard InChI is InChI=1S/C11H13N3O4S/c12-8(15)7-3-1-2-4-14(7)10(16)9-13-6(5-19-9)11(17)18/h5,7H,1-4H2,(H2,12,15)(H,17,18). The summed E-state index contributed by atoms with van der Waals surface area (Å²) in [6.07, 6.45) is 2.18. The quantitative estimate of drug-likeness (QED) is 0.829. The third-order valence-electron chi connectivity index (χ3n) is 3.00. The maximum atomic E-state index is 12.2. The van der Waals surface area contributed by atoms with Crippen molar-refractivity contribution in [2.45, 2.75) is 25.3 Å². The summed E-state index contributed by atoms with van der Waals surface area (Å²) in [6, 6.07) is -0.626. The summed E-state index contributed by atoms with van der Waals surface area (Å²) in [7, 11) is 0. The van der Waals surface area contributed by atoms with Gasteiger partial charge in [-0.05, 0) is 19.3 Å². The minimum Gasteiger partial charge on any atom is -0.476 e. The molecular weight excluding hydrogens is 270 g/mol. The van der Waals surface area contributed by atoms with Gasteiger partial charge in [0.25, 0.3) is 5.91 Å². The van der Waals surface area contributed by atoms with Crippen molar-refractivity contribution in [3.8, 4) is 0 Å². The van der Waals surface area contributed by atoms with Gasteiger partial charge in [-0.15, -0.1) is 11.3 Å². The van der Waals surface area contributed by atoms with E-state index in [4.69, 9.17) is 10.8 Å². The number of piperidine rings is 1. The lowest BCUT2D eigenvalue weighted by atomic mass is 10.0. The molecule has 0 bridgehead atoms. The number of thiazole rings is 1. The van der Waals surface area contributed by atoms with Crippen molar-refractivity contribution in [3.05, 3.63) is 16.1 Å². The van der Waals surface area contributed by atoms with Crippen molar-refractivity contribution in [2.24, 2.45) is 5.73 Å². The Morgan fingerprint density at radius 3 is 2.74 bits per heavy atom. The number of hydrogen-bond acceptors (Lipinski definition) is 5. The van der Waals surface area contributed by atoms with Gasteiger partial charge in [0.15, 0.2) is 10.7 Å². The smallest absolute Gasteiger partial charge is 0.355 e. The second kappa shape index (κ2) is 5.35. The van der Waals surface area contributed by atoms with E-state index in [2.05, 4.69) is 4.98 Å². The Balaban J connectivity index is 2.21. The Morgan fingerprint density at radius 1 is 1.42 bits per heavy atom. The van der Waals surface area contributed by atoms with Crippen LogP contribution in [0.15, 0.2) is 5.38 Å². The van der Waals surface area contributed by atoms with Crippen LogP contribution in [0.2, 0.25) is 0 Å². The number of aromatic nitrogens is 1. The van der Waals surface area contributed by atoms with Crippen LogP contribution in [0, 0.1) is 0 Å². The molecule has 1 aliphatic rings. The summed E-state index contributed by atoms with van der Waals surface area (Å²) in [4.78, 5) is 39.4. The predicted octanol–water partition coefficient (Wildman–Crippen LogP) is 0.321. The van der Waals surface area contributed by atoms with E-state index in [1.165, 1.54) is 10.3 Å². The number of carbonyl (C=O) groups is 3. The van der Waals surface area contributed by atoms with Crippen molar-refractivity contribution in [3.63, 3.8) is 0 Å². The second-order valence-electron chi connectivity index (χ2n) is 4.26. The summed E-state index contributed by atoms with van der Waals surface area (Å²) < 4.78 is 0. The van der Waals surface area contributed by atoms with E-state index in [0.717, 1.165) is 24.2 Å². The van der Waals surface area contributed by atoms with Crippen molar-refractivity contribution in [1.29, 1.82) is 0 Å². The minimum atomic E-state index is -1.18. The number of rotatable bonds is 3. The summed E-state index contributed by atoms with van der Waals surface area (Å²) in [5, 5.41) is 10.2. The Kier molecular flexibility index (Phi) is 3.79. The van der Waals surface area contributed by atoms with Gasteiger partial charge in [-0.25, -0.2) is 9.78 Å². The maximum Gasteiger partial charge on any atom is 0.355 e. The summed E-state index contributed by atoms with van der Waals surface area (Å²) in [5.41, 5.74) is 5.12. The molecule has 0 aromatic carbocycles. The number of carbonyl (C=O) groups excluding carboxylic acids is 2. The lowest BCUT2D eigenvalue weighted by molar-refractivity contribution is -0.123. The monoisotopic (exact) mass is 283 g/mol. The van der Waals surface area contributed by atoms with Crippen LogP contribution in [0.3, 0.4) is 0 Å². The lowest BCUT2D eigenvalue weighted by Crippen LogP contribution is -2.50. The van der Waals surface area contributed by atoms with Gasteiger partial charge in [0, 0.05) is 11.9 Å². The highest BCUT2D eigenvalue weighted by molar-refractivity contribution is 7.11. The van der Waals surface area contributed by atoms with E-state index in [9.17, 15) is 14.4 Å². The first-order valence-electron chi connectivity index (χ1n) is 5.80. The molecular formula is C11H13N3O4S. The number of nitrogens with zero attached hydrogens (tertiary/aromatic N) is 2. The molecule has 1 aliphatic heterocycles. The molecule has 8 heteroatoms. The van der Waals surface area contributed by atoms with Crippen LogP contribution >= 0.6 is 11.3 Å². The number of primary amides is 1. The molecule has 1 saturated heterocycles. The van der Waals surface area contributed by atoms with Gasteiger partial charge in [0.05, 0.1) is 0 Å². The first-order valence-corrected chi connectivity index (χ1v) is 6.67. The largest absolute Gasteiger partial charge is 0.476 e. The van der Waals surface area contributed by atoms with E-state index in [0.29, 0.717) is 13.0 Å². The maximum absolute atomic E-state index is 12.2. The number of aromatic carboxylic acids is 1. The second-order valence-corrected chi connectivity index (χ2v) is 5.11. The zero-order valence-electron chi connectivity index (χ0n) is 10.0. The van der Waals surface area contributed by atoms with Crippen molar-refractivity contribution < 1.29 is 19.5 Å². The number of likely N-dealkylation sites (tertiary alicyclic amines) is 1. The molecule has 1 atom stereocenters. The van der Waals surface area contributed by atoms with Crippen LogP contribution in [0.4, 0.5) is 0 Å². The Labute approximate surface area is 113 Å². The molecule has 0 saturated carbocycles. The third kappa shape index (κ3) is 2.73. The molecule has 1 aromatic rings. The Hall–Kier alpha value is -1.96. The molecule has 19 heavy (non-hydrogen) atoms. The van der Waals surface area contributed by atoms with Crippen molar-refractivity contribution in [2.75, 3.05) is 6.54 Å². The zero-order chi connectivity index (χ0) is 14.0. The Bertz CT molecular complexity index is 528. The number of carboxylic acids is 1. The fraction of sp³-hybridized carbons (Fsp3) is 0.455. The molecule has 3 N–H and O–H groups in total.